The molecule has 1 aromatic heterocycles. The molecule has 0 aliphatic heterocycles. The van der Waals surface area contributed by atoms with Crippen molar-refractivity contribution in [2.75, 3.05) is 5.32 Å². The largest absolute Gasteiger partial charge is 0.301 e. The molecule has 54 valence electrons. The van der Waals surface area contributed by atoms with Crippen LogP contribution in [0.4, 0.5) is 5.13 Å². The van der Waals surface area contributed by atoms with E-state index in [1.807, 2.05) is 0 Å². The second-order valence-electron chi connectivity index (χ2n) is 1.61. The van der Waals surface area contributed by atoms with Crippen molar-refractivity contribution in [1.29, 1.82) is 0 Å². The quantitative estimate of drug-likeness (QED) is 0.630. The molecule has 0 unspecified atom stereocenters. The normalized spacial score (nSPS) is 9.30. The van der Waals surface area contributed by atoms with E-state index in [1.54, 1.807) is 0 Å². The number of rotatable bonds is 1. The summed E-state index contributed by atoms with van der Waals surface area (Å²) in [4.78, 5) is 14.2. The highest BCUT2D eigenvalue weighted by Gasteiger charge is 1.96. The van der Waals surface area contributed by atoms with Crippen LogP contribution in [0.15, 0.2) is 0 Å². The number of carbonyl (C=O) groups excluding carboxylic acids is 1. The van der Waals surface area contributed by atoms with Crippen LogP contribution in [0.3, 0.4) is 0 Å². The fraction of sp³-hybridized carbons (Fsp3) is 0.250. The first-order chi connectivity index (χ1) is 4.68. The summed E-state index contributed by atoms with van der Waals surface area (Å²) in [5.41, 5.74) is 0. The Morgan fingerprint density at radius 2 is 2.60 bits per heavy atom. The lowest BCUT2D eigenvalue weighted by atomic mass is 10.7. The predicted octanol–water partition coefficient (Wildman–Crippen LogP) is 1.16. The Kier molecular flexibility index (Phi) is 2.13. The van der Waals surface area contributed by atoms with Crippen molar-refractivity contribution in [3.63, 3.8) is 0 Å². The molecule has 1 rings (SSSR count). The average Bonchev–Trinajstić information content (AvgIpc) is 2.13. The lowest BCUT2D eigenvalue weighted by molar-refractivity contribution is -0.114. The molecular formula is C4H5N3OS2. The zero-order valence-corrected chi connectivity index (χ0v) is 6.80. The summed E-state index contributed by atoms with van der Waals surface area (Å²) >= 11 is 5.88. The first-order valence-electron chi connectivity index (χ1n) is 2.51. The molecule has 0 saturated carbocycles. The Labute approximate surface area is 66.5 Å². The minimum Gasteiger partial charge on any atom is -0.301 e. The van der Waals surface area contributed by atoms with Gasteiger partial charge in [0.05, 0.1) is 0 Å². The van der Waals surface area contributed by atoms with E-state index in [4.69, 9.17) is 0 Å². The van der Waals surface area contributed by atoms with Crippen LogP contribution in [0.1, 0.15) is 6.92 Å². The molecule has 1 heterocycles. The highest BCUT2D eigenvalue weighted by atomic mass is 32.1. The molecule has 0 atom stereocenters. The number of aromatic nitrogens is 2. The molecule has 0 spiro atoms. The third-order valence-electron chi connectivity index (χ3n) is 0.721. The van der Waals surface area contributed by atoms with Gasteiger partial charge in [-0.3, -0.25) is 9.17 Å². The third kappa shape index (κ3) is 1.89. The smallest absolute Gasteiger partial charge is 0.223 e. The summed E-state index contributed by atoms with van der Waals surface area (Å²) in [6.45, 7) is 1.42. The maximum atomic E-state index is 10.4. The maximum Gasteiger partial charge on any atom is 0.223 e. The topological polar surface area (TPSA) is 57.8 Å². The fourth-order valence-corrected chi connectivity index (χ4v) is 1.27. The SMILES string of the molecule is CC(=O)Nc1nc(=S)[nH]s1. The van der Waals surface area contributed by atoms with Crippen molar-refractivity contribution >= 4 is 34.8 Å². The van der Waals surface area contributed by atoms with Gasteiger partial charge in [-0.2, -0.15) is 4.98 Å². The summed E-state index contributed by atoms with van der Waals surface area (Å²) in [5.74, 6) is -0.141. The van der Waals surface area contributed by atoms with Gasteiger partial charge in [0.2, 0.25) is 15.8 Å². The predicted molar refractivity (Wildman–Crippen MR) is 41.6 cm³/mol. The van der Waals surface area contributed by atoms with Crippen LogP contribution in [-0.4, -0.2) is 15.3 Å². The molecule has 0 fully saturated rings. The second kappa shape index (κ2) is 2.89. The number of aromatic amines is 1. The number of H-pyrrole nitrogens is 1. The molecular weight excluding hydrogens is 170 g/mol. The lowest BCUT2D eigenvalue weighted by Gasteiger charge is -1.89. The Hall–Kier alpha value is -0.750. The Morgan fingerprint density at radius 3 is 3.00 bits per heavy atom. The lowest BCUT2D eigenvalue weighted by Crippen LogP contribution is -2.04. The van der Waals surface area contributed by atoms with E-state index >= 15 is 0 Å². The molecule has 0 radical (unpaired) electrons. The molecule has 10 heavy (non-hydrogen) atoms. The molecule has 2 N–H and O–H groups in total. The highest BCUT2D eigenvalue weighted by molar-refractivity contribution is 7.71. The first kappa shape index (κ1) is 7.36. The minimum absolute atomic E-state index is 0.141. The molecule has 4 nitrogen and oxygen atoms in total. The Balaban J connectivity index is 2.76. The number of hydrogen-bond acceptors (Lipinski definition) is 4. The zero-order valence-electron chi connectivity index (χ0n) is 5.17. The van der Waals surface area contributed by atoms with Crippen LogP contribution in [0.5, 0.6) is 0 Å². The minimum atomic E-state index is -0.141. The van der Waals surface area contributed by atoms with Crippen molar-refractivity contribution in [2.45, 2.75) is 6.92 Å². The van der Waals surface area contributed by atoms with E-state index < -0.39 is 0 Å². The van der Waals surface area contributed by atoms with Crippen molar-refractivity contribution in [1.82, 2.24) is 9.36 Å². The molecule has 0 aliphatic rings. The van der Waals surface area contributed by atoms with Crippen LogP contribution >= 0.6 is 23.8 Å². The van der Waals surface area contributed by atoms with Gasteiger partial charge < -0.3 is 5.32 Å². The summed E-state index contributed by atoms with van der Waals surface area (Å²) in [7, 11) is 0. The van der Waals surface area contributed by atoms with Crippen molar-refractivity contribution in [3.8, 4) is 0 Å². The van der Waals surface area contributed by atoms with E-state index in [2.05, 4.69) is 26.9 Å². The van der Waals surface area contributed by atoms with Crippen molar-refractivity contribution < 1.29 is 4.79 Å². The molecule has 1 aromatic rings. The van der Waals surface area contributed by atoms with Crippen LogP contribution in [0, 0.1) is 4.77 Å². The Bertz CT molecular complexity index is 289. The number of nitrogens with zero attached hydrogens (tertiary/aromatic N) is 1. The number of anilines is 1. The zero-order chi connectivity index (χ0) is 7.56. The van der Waals surface area contributed by atoms with Crippen LogP contribution in [0.2, 0.25) is 0 Å². The van der Waals surface area contributed by atoms with Crippen LogP contribution in [-0.2, 0) is 4.79 Å². The van der Waals surface area contributed by atoms with Crippen LogP contribution < -0.4 is 5.32 Å². The fourth-order valence-electron chi connectivity index (χ4n) is 0.434. The summed E-state index contributed by atoms with van der Waals surface area (Å²) in [5, 5.41) is 3.01. The Morgan fingerprint density at radius 1 is 1.90 bits per heavy atom. The number of nitrogens with one attached hydrogen (secondary N) is 2. The summed E-state index contributed by atoms with van der Waals surface area (Å²) in [6.07, 6.45) is 0. The third-order valence-corrected chi connectivity index (χ3v) is 1.73. The van der Waals surface area contributed by atoms with Gasteiger partial charge in [-0.05, 0) is 23.8 Å². The number of amides is 1. The van der Waals surface area contributed by atoms with E-state index in [0.717, 1.165) is 0 Å². The van der Waals surface area contributed by atoms with Crippen LogP contribution in [0.25, 0.3) is 0 Å². The van der Waals surface area contributed by atoms with E-state index in [-0.39, 0.29) is 5.91 Å². The van der Waals surface area contributed by atoms with E-state index in [9.17, 15) is 4.79 Å². The molecule has 6 heteroatoms. The monoisotopic (exact) mass is 175 g/mol. The van der Waals surface area contributed by atoms with E-state index in [0.29, 0.717) is 9.90 Å². The van der Waals surface area contributed by atoms with Gasteiger partial charge in [0, 0.05) is 6.92 Å². The summed E-state index contributed by atoms with van der Waals surface area (Å²) in [6, 6.07) is 0. The summed E-state index contributed by atoms with van der Waals surface area (Å²) < 4.78 is 3.10. The number of carbonyl (C=O) groups is 1. The van der Waals surface area contributed by atoms with Gasteiger partial charge in [-0.1, -0.05) is 0 Å². The van der Waals surface area contributed by atoms with Crippen molar-refractivity contribution in [2.24, 2.45) is 0 Å². The highest BCUT2D eigenvalue weighted by Crippen LogP contribution is 2.06. The van der Waals surface area contributed by atoms with Gasteiger partial charge in [0.1, 0.15) is 0 Å². The molecule has 0 aromatic carbocycles. The molecule has 0 bridgehead atoms. The number of hydrogen-bond donors (Lipinski definition) is 2. The van der Waals surface area contributed by atoms with Crippen molar-refractivity contribution in [3.05, 3.63) is 4.77 Å². The molecule has 0 aliphatic carbocycles. The standard InChI is InChI=1S/C4H5N3OS2/c1-2(8)5-4-6-3(9)7-10-4/h1H3,(H2,5,6,7,8,9). The second-order valence-corrected chi connectivity index (χ2v) is 2.79. The maximum absolute atomic E-state index is 10.4. The molecule has 0 saturated heterocycles. The van der Waals surface area contributed by atoms with E-state index in [1.165, 1.54) is 18.5 Å². The average molecular weight is 175 g/mol. The first-order valence-corrected chi connectivity index (χ1v) is 3.74. The molecule has 1 amide bonds. The van der Waals surface area contributed by atoms with Gasteiger partial charge >= 0.3 is 0 Å². The van der Waals surface area contributed by atoms with Gasteiger partial charge in [-0.15, -0.1) is 0 Å². The van der Waals surface area contributed by atoms with Gasteiger partial charge in [0.25, 0.3) is 0 Å². The van der Waals surface area contributed by atoms with Gasteiger partial charge in [-0.25, -0.2) is 0 Å². The van der Waals surface area contributed by atoms with Gasteiger partial charge in [0.15, 0.2) is 0 Å².